The second-order valence-electron chi connectivity index (χ2n) is 5.64. The van der Waals surface area contributed by atoms with Crippen LogP contribution >= 0.6 is 67.1 Å². The summed E-state index contributed by atoms with van der Waals surface area (Å²) in [6.45, 7) is 0. The van der Waals surface area contributed by atoms with Crippen molar-refractivity contribution in [3.05, 3.63) is 74.2 Å². The Morgan fingerprint density at radius 3 is 1.82 bits per heavy atom. The summed E-state index contributed by atoms with van der Waals surface area (Å²) in [6, 6.07) is 18.7. The highest BCUT2D eigenvalue weighted by atomic mass is 79.9. The zero-order valence-electron chi connectivity index (χ0n) is 14.9. The van der Waals surface area contributed by atoms with Crippen LogP contribution in [0.3, 0.4) is 0 Å². The number of rotatable bonds is 7. The van der Waals surface area contributed by atoms with Crippen molar-refractivity contribution < 1.29 is 0 Å². The lowest BCUT2D eigenvalue weighted by atomic mass is 10.2. The van der Waals surface area contributed by atoms with Gasteiger partial charge in [0.2, 0.25) is 0 Å². The molecule has 0 spiro atoms. The minimum atomic E-state index is 0.558. The highest BCUT2D eigenvalue weighted by Gasteiger charge is 2.15. The van der Waals surface area contributed by atoms with Crippen LogP contribution in [0.1, 0.15) is 16.7 Å². The maximum atomic E-state index is 9.61. The number of hydrogen-bond acceptors (Lipinski definition) is 6. The smallest absolute Gasteiger partial charge is 0.190 e. The molecule has 0 saturated heterocycles. The number of halogens is 2. The van der Waals surface area contributed by atoms with Crippen LogP contribution in [-0.4, -0.2) is 16.2 Å². The van der Waals surface area contributed by atoms with Crippen LogP contribution in [0, 0.1) is 11.3 Å². The van der Waals surface area contributed by atoms with Crippen molar-refractivity contribution in [1.29, 1.82) is 5.26 Å². The van der Waals surface area contributed by atoms with Gasteiger partial charge in [0.25, 0.3) is 0 Å². The Morgan fingerprint density at radius 1 is 0.821 bits per heavy atom. The average molecular weight is 553 g/mol. The van der Waals surface area contributed by atoms with Gasteiger partial charge in [0, 0.05) is 20.5 Å². The van der Waals surface area contributed by atoms with Gasteiger partial charge in [-0.2, -0.15) is 5.26 Å². The quantitative estimate of drug-likeness (QED) is 0.176. The van der Waals surface area contributed by atoms with Gasteiger partial charge in [-0.25, -0.2) is 9.97 Å². The van der Waals surface area contributed by atoms with E-state index in [9.17, 15) is 5.26 Å². The molecule has 0 atom stereocenters. The maximum absolute atomic E-state index is 9.61. The molecule has 0 aliphatic rings. The molecular formula is C20H15Br2N3S3. The third-order valence-electron chi connectivity index (χ3n) is 3.70. The third kappa shape index (κ3) is 6.01. The molecule has 2 aromatic carbocycles. The first-order chi connectivity index (χ1) is 13.6. The predicted molar refractivity (Wildman–Crippen MR) is 126 cm³/mol. The summed E-state index contributed by atoms with van der Waals surface area (Å²) in [5.41, 5.74) is 2.95. The van der Waals surface area contributed by atoms with Crippen molar-refractivity contribution in [2.75, 3.05) is 6.26 Å². The minimum Gasteiger partial charge on any atom is -0.215 e. The van der Waals surface area contributed by atoms with Crippen molar-refractivity contribution in [1.82, 2.24) is 9.97 Å². The molecule has 3 rings (SSSR count). The molecule has 0 fully saturated rings. The monoisotopic (exact) mass is 551 g/mol. The van der Waals surface area contributed by atoms with Crippen molar-refractivity contribution in [3.8, 4) is 6.07 Å². The molecule has 28 heavy (non-hydrogen) atoms. The van der Waals surface area contributed by atoms with Crippen molar-refractivity contribution in [2.45, 2.75) is 26.7 Å². The van der Waals surface area contributed by atoms with E-state index < -0.39 is 0 Å². The van der Waals surface area contributed by atoms with Gasteiger partial charge in [0.05, 0.1) is 0 Å². The van der Waals surface area contributed by atoms with Crippen LogP contribution in [0.4, 0.5) is 0 Å². The van der Waals surface area contributed by atoms with Gasteiger partial charge in [0.15, 0.2) is 5.16 Å². The summed E-state index contributed by atoms with van der Waals surface area (Å²) >= 11 is 11.6. The Labute approximate surface area is 194 Å². The molecule has 0 amide bonds. The third-order valence-corrected chi connectivity index (χ3v) is 7.40. The first kappa shape index (κ1) is 21.7. The number of benzene rings is 2. The lowest BCUT2D eigenvalue weighted by Crippen LogP contribution is -1.98. The van der Waals surface area contributed by atoms with Gasteiger partial charge in [-0.1, -0.05) is 67.9 Å². The van der Waals surface area contributed by atoms with Crippen LogP contribution in [-0.2, 0) is 11.5 Å². The molecule has 142 valence electrons. The molecule has 0 N–H and O–H groups in total. The maximum Gasteiger partial charge on any atom is 0.190 e. The molecular weight excluding hydrogens is 538 g/mol. The number of nitrogens with zero attached hydrogens (tertiary/aromatic N) is 3. The fraction of sp³-hybridized carbons (Fsp3) is 0.150. The normalized spacial score (nSPS) is 10.6. The number of nitriles is 1. The van der Waals surface area contributed by atoms with Gasteiger partial charge in [-0.05, 0) is 41.6 Å². The molecule has 1 heterocycles. The van der Waals surface area contributed by atoms with E-state index in [1.165, 1.54) is 22.9 Å². The average Bonchev–Trinajstić information content (AvgIpc) is 2.72. The molecule has 0 saturated carbocycles. The van der Waals surface area contributed by atoms with E-state index >= 15 is 0 Å². The number of hydrogen-bond donors (Lipinski definition) is 0. The zero-order chi connectivity index (χ0) is 19.9. The molecule has 0 aliphatic heterocycles. The van der Waals surface area contributed by atoms with Gasteiger partial charge >= 0.3 is 0 Å². The molecule has 8 heteroatoms. The molecule has 1 aromatic heterocycles. The van der Waals surface area contributed by atoms with Crippen molar-refractivity contribution >= 4 is 67.1 Å². The predicted octanol–water partition coefficient (Wildman–Crippen LogP) is 7.18. The van der Waals surface area contributed by atoms with E-state index in [2.05, 4.69) is 72.2 Å². The van der Waals surface area contributed by atoms with Gasteiger partial charge in [0.1, 0.15) is 21.7 Å². The zero-order valence-corrected chi connectivity index (χ0v) is 20.5. The molecule has 0 aliphatic carbocycles. The van der Waals surface area contributed by atoms with E-state index in [1.807, 2.05) is 30.5 Å². The summed E-state index contributed by atoms with van der Waals surface area (Å²) in [4.78, 5) is 9.26. The van der Waals surface area contributed by atoms with E-state index in [4.69, 9.17) is 0 Å². The van der Waals surface area contributed by atoms with E-state index in [0.29, 0.717) is 10.7 Å². The lowest BCUT2D eigenvalue weighted by Gasteiger charge is -2.09. The molecule has 3 nitrogen and oxygen atoms in total. The topological polar surface area (TPSA) is 49.6 Å². The van der Waals surface area contributed by atoms with Crippen molar-refractivity contribution in [2.24, 2.45) is 0 Å². The second-order valence-corrected chi connectivity index (χ2v) is 10.2. The minimum absolute atomic E-state index is 0.558. The van der Waals surface area contributed by atoms with Gasteiger partial charge in [-0.15, -0.1) is 23.5 Å². The Balaban J connectivity index is 1.79. The summed E-state index contributed by atoms with van der Waals surface area (Å²) < 4.78 is 2.12. The fourth-order valence-electron chi connectivity index (χ4n) is 2.28. The first-order valence-electron chi connectivity index (χ1n) is 8.19. The van der Waals surface area contributed by atoms with Crippen molar-refractivity contribution in [3.63, 3.8) is 0 Å². The van der Waals surface area contributed by atoms with Gasteiger partial charge in [-0.3, -0.25) is 0 Å². The Morgan fingerprint density at radius 2 is 1.32 bits per heavy atom. The first-order valence-corrected chi connectivity index (χ1v) is 13.0. The number of aromatic nitrogens is 2. The highest BCUT2D eigenvalue weighted by Crippen LogP contribution is 2.32. The largest absolute Gasteiger partial charge is 0.215 e. The van der Waals surface area contributed by atoms with E-state index in [0.717, 1.165) is 30.5 Å². The second kappa shape index (κ2) is 10.7. The number of thioether (sulfide) groups is 3. The molecule has 0 unspecified atom stereocenters. The summed E-state index contributed by atoms with van der Waals surface area (Å²) in [7, 11) is 0. The van der Waals surface area contributed by atoms with Crippen LogP contribution in [0.25, 0.3) is 0 Å². The molecule has 0 radical (unpaired) electrons. The van der Waals surface area contributed by atoms with Crippen LogP contribution in [0.15, 0.2) is 72.7 Å². The molecule has 3 aromatic rings. The van der Waals surface area contributed by atoms with E-state index in [1.54, 1.807) is 23.5 Å². The Hall–Kier alpha value is -0.980. The summed E-state index contributed by atoms with van der Waals surface area (Å²) in [5.74, 6) is 1.54. The van der Waals surface area contributed by atoms with E-state index in [-0.39, 0.29) is 0 Å². The Bertz CT molecular complexity index is 987. The fourth-order valence-corrected chi connectivity index (χ4v) is 5.24. The highest BCUT2D eigenvalue weighted by molar-refractivity contribution is 9.10. The summed E-state index contributed by atoms with van der Waals surface area (Å²) in [5, 5.41) is 11.8. The molecule has 0 bridgehead atoms. The summed E-state index contributed by atoms with van der Waals surface area (Å²) in [6.07, 6.45) is 1.94. The SMILES string of the molecule is CSc1nc(SCc2ccc(Br)cc2)nc(SCc2ccc(Br)cc2)c1C#N. The standard InChI is InChI=1S/C20H15Br2N3S3/c1-26-18-17(10-23)19(27-11-13-2-6-15(21)7-3-13)25-20(24-18)28-12-14-4-8-16(22)9-5-14/h2-9H,11-12H2,1H3. The Kier molecular flexibility index (Phi) is 8.30. The van der Waals surface area contributed by atoms with Crippen LogP contribution in [0.2, 0.25) is 0 Å². The van der Waals surface area contributed by atoms with Gasteiger partial charge < -0.3 is 0 Å². The van der Waals surface area contributed by atoms with Crippen LogP contribution in [0.5, 0.6) is 0 Å². The van der Waals surface area contributed by atoms with Crippen LogP contribution < -0.4 is 0 Å². The lowest BCUT2D eigenvalue weighted by molar-refractivity contribution is 0.817.